The molecule has 2 aromatic rings. The highest BCUT2D eigenvalue weighted by Crippen LogP contribution is 2.31. The van der Waals surface area contributed by atoms with E-state index in [2.05, 4.69) is 15.2 Å². The molecular formula is C15H17N3O4S. The number of furan rings is 1. The van der Waals surface area contributed by atoms with Crippen LogP contribution < -0.4 is 5.32 Å². The lowest BCUT2D eigenvalue weighted by atomic mass is 10.0. The molecule has 0 radical (unpaired) electrons. The van der Waals surface area contributed by atoms with Crippen molar-refractivity contribution >= 4 is 26.7 Å². The number of pyridine rings is 1. The van der Waals surface area contributed by atoms with Crippen molar-refractivity contribution in [2.75, 3.05) is 19.3 Å². The van der Waals surface area contributed by atoms with Crippen molar-refractivity contribution in [2.45, 2.75) is 23.9 Å². The van der Waals surface area contributed by atoms with E-state index in [0.29, 0.717) is 16.9 Å². The van der Waals surface area contributed by atoms with Gasteiger partial charge in [-0.25, -0.2) is 13.4 Å². The molecule has 2 saturated heterocycles. The van der Waals surface area contributed by atoms with Crippen LogP contribution in [0.2, 0.25) is 0 Å². The Morgan fingerprint density at radius 3 is 2.96 bits per heavy atom. The molecule has 8 heteroatoms. The maximum atomic E-state index is 12.4. The lowest BCUT2D eigenvalue weighted by Gasteiger charge is -2.25. The van der Waals surface area contributed by atoms with Gasteiger partial charge in [-0.2, -0.15) is 0 Å². The zero-order valence-electron chi connectivity index (χ0n) is 12.7. The van der Waals surface area contributed by atoms with Crippen LogP contribution in [0.25, 0.3) is 11.0 Å². The number of sulfone groups is 1. The predicted octanol–water partition coefficient (Wildman–Crippen LogP) is 1.01. The van der Waals surface area contributed by atoms with Crippen molar-refractivity contribution < 1.29 is 17.6 Å². The molecule has 3 unspecified atom stereocenters. The number of nitrogens with one attached hydrogen (secondary N) is 1. The fraction of sp³-hybridized carbons (Fsp3) is 0.467. The molecule has 2 aromatic heterocycles. The molecule has 3 atom stereocenters. The Morgan fingerprint density at radius 2 is 2.30 bits per heavy atom. The van der Waals surface area contributed by atoms with Crippen LogP contribution in [0.15, 0.2) is 27.8 Å². The lowest BCUT2D eigenvalue weighted by molar-refractivity contribution is 0.0878. The number of aromatic nitrogens is 1. The molecule has 2 bridgehead atoms. The smallest absolute Gasteiger partial charge is 0.271 e. The van der Waals surface area contributed by atoms with Crippen LogP contribution >= 0.6 is 0 Å². The van der Waals surface area contributed by atoms with E-state index < -0.39 is 9.84 Å². The van der Waals surface area contributed by atoms with Crippen LogP contribution in [-0.2, 0) is 9.84 Å². The van der Waals surface area contributed by atoms with Gasteiger partial charge in [-0.15, -0.1) is 0 Å². The number of amides is 1. The predicted molar refractivity (Wildman–Crippen MR) is 82.7 cm³/mol. The molecule has 0 aliphatic carbocycles. The highest BCUT2D eigenvalue weighted by Gasteiger charge is 2.38. The normalized spacial score (nSPS) is 26.7. The van der Waals surface area contributed by atoms with Gasteiger partial charge in [0.25, 0.3) is 5.91 Å². The van der Waals surface area contributed by atoms with Crippen molar-refractivity contribution in [3.8, 4) is 0 Å². The number of rotatable bonds is 3. The Bertz CT molecular complexity index is 889. The number of nitrogens with zero attached hydrogens (tertiary/aromatic N) is 2. The Kier molecular flexibility index (Phi) is 3.21. The minimum Gasteiger partial charge on any atom is -0.461 e. The van der Waals surface area contributed by atoms with Gasteiger partial charge in [0.15, 0.2) is 15.4 Å². The van der Waals surface area contributed by atoms with E-state index >= 15 is 0 Å². The van der Waals surface area contributed by atoms with E-state index in [1.807, 2.05) is 0 Å². The second-order valence-electron chi connectivity index (χ2n) is 6.31. The summed E-state index contributed by atoms with van der Waals surface area (Å²) in [6.45, 7) is 2.05. The van der Waals surface area contributed by atoms with Crippen molar-refractivity contribution in [3.05, 3.63) is 24.2 Å². The molecular weight excluding hydrogens is 318 g/mol. The van der Waals surface area contributed by atoms with E-state index in [1.54, 1.807) is 0 Å². The molecule has 1 amide bonds. The average molecular weight is 335 g/mol. The first-order valence-corrected chi connectivity index (χ1v) is 9.43. The zero-order chi connectivity index (χ0) is 16.2. The third-order valence-corrected chi connectivity index (χ3v) is 5.79. The lowest BCUT2D eigenvalue weighted by Crippen LogP contribution is -2.45. The first kappa shape index (κ1) is 14.6. The van der Waals surface area contributed by atoms with E-state index in [1.165, 1.54) is 24.9 Å². The van der Waals surface area contributed by atoms with Gasteiger partial charge in [-0.05, 0) is 24.8 Å². The summed E-state index contributed by atoms with van der Waals surface area (Å²) in [5.74, 6) is 0.381. The Balaban J connectivity index is 1.62. The van der Waals surface area contributed by atoms with Crippen LogP contribution in [0.3, 0.4) is 0 Å². The number of fused-ring (bicyclic) bond motifs is 3. The van der Waals surface area contributed by atoms with Gasteiger partial charge in [-0.1, -0.05) is 0 Å². The van der Waals surface area contributed by atoms with Crippen LogP contribution in [0.1, 0.15) is 23.3 Å². The van der Waals surface area contributed by atoms with E-state index in [4.69, 9.17) is 4.42 Å². The van der Waals surface area contributed by atoms with Gasteiger partial charge in [-0.3, -0.25) is 9.69 Å². The summed E-state index contributed by atoms with van der Waals surface area (Å²) in [6, 6.07) is 1.48. The minimum absolute atomic E-state index is 0.0532. The monoisotopic (exact) mass is 335 g/mol. The second-order valence-corrected chi connectivity index (χ2v) is 8.30. The fourth-order valence-electron chi connectivity index (χ4n) is 3.50. The molecule has 7 nitrogen and oxygen atoms in total. The summed E-state index contributed by atoms with van der Waals surface area (Å²) in [6.07, 6.45) is 5.90. The first-order valence-electron chi connectivity index (χ1n) is 7.54. The molecule has 2 fully saturated rings. The van der Waals surface area contributed by atoms with E-state index in [0.717, 1.165) is 25.8 Å². The van der Waals surface area contributed by atoms with Gasteiger partial charge in [0, 0.05) is 24.7 Å². The molecule has 0 saturated carbocycles. The average Bonchev–Trinajstić information content (AvgIpc) is 3.20. The van der Waals surface area contributed by atoms with Crippen LogP contribution in [0, 0.1) is 5.92 Å². The van der Waals surface area contributed by atoms with Gasteiger partial charge >= 0.3 is 0 Å². The van der Waals surface area contributed by atoms with E-state index in [-0.39, 0.29) is 22.7 Å². The Morgan fingerprint density at radius 1 is 1.48 bits per heavy atom. The highest BCUT2D eigenvalue weighted by atomic mass is 32.2. The second kappa shape index (κ2) is 5.04. The van der Waals surface area contributed by atoms with Gasteiger partial charge in [0.1, 0.15) is 16.9 Å². The quantitative estimate of drug-likeness (QED) is 0.900. The summed E-state index contributed by atoms with van der Waals surface area (Å²) in [4.78, 5) is 18.9. The molecule has 2 aliphatic heterocycles. The molecule has 23 heavy (non-hydrogen) atoms. The largest absolute Gasteiger partial charge is 0.461 e. The summed E-state index contributed by atoms with van der Waals surface area (Å²) in [5.41, 5.74) is 0.554. The van der Waals surface area contributed by atoms with Crippen molar-refractivity contribution in [2.24, 2.45) is 5.92 Å². The maximum Gasteiger partial charge on any atom is 0.271 e. The molecule has 0 spiro atoms. The molecule has 2 aliphatic rings. The SMILES string of the molecule is CS(=O)(=O)c1coc2cnc(C(=O)NC3CC4CCN3C4)cc12. The Labute approximate surface area is 133 Å². The topological polar surface area (TPSA) is 92.5 Å². The van der Waals surface area contributed by atoms with Crippen LogP contribution in [-0.4, -0.2) is 49.7 Å². The number of carbonyl (C=O) groups excluding carboxylic acids is 1. The van der Waals surface area contributed by atoms with Crippen LogP contribution in [0.4, 0.5) is 0 Å². The fourth-order valence-corrected chi connectivity index (χ4v) is 4.28. The van der Waals surface area contributed by atoms with Gasteiger partial charge < -0.3 is 9.73 Å². The third-order valence-electron chi connectivity index (χ3n) is 4.67. The first-order chi connectivity index (χ1) is 10.9. The molecule has 4 heterocycles. The molecule has 1 N–H and O–H groups in total. The number of piperidine rings is 1. The Hall–Kier alpha value is -1.93. The minimum atomic E-state index is -3.42. The zero-order valence-corrected chi connectivity index (χ0v) is 13.5. The third kappa shape index (κ3) is 2.51. The number of carbonyl (C=O) groups is 1. The van der Waals surface area contributed by atoms with Crippen molar-refractivity contribution in [1.29, 1.82) is 0 Å². The number of hydrogen-bond acceptors (Lipinski definition) is 6. The van der Waals surface area contributed by atoms with Gasteiger partial charge in [0.05, 0.1) is 12.4 Å². The highest BCUT2D eigenvalue weighted by molar-refractivity contribution is 7.91. The van der Waals surface area contributed by atoms with Crippen molar-refractivity contribution in [1.82, 2.24) is 15.2 Å². The molecule has 0 aromatic carbocycles. The maximum absolute atomic E-state index is 12.4. The summed E-state index contributed by atoms with van der Waals surface area (Å²) in [7, 11) is -3.42. The van der Waals surface area contributed by atoms with Gasteiger partial charge in [0.2, 0.25) is 0 Å². The number of hydrogen-bond donors (Lipinski definition) is 1. The molecule has 122 valence electrons. The van der Waals surface area contributed by atoms with Crippen LogP contribution in [0.5, 0.6) is 0 Å². The molecule has 4 rings (SSSR count). The standard InChI is InChI=1S/C15H17N3O4S/c1-23(20,21)13-8-22-12-6-16-11(5-10(12)13)15(19)17-14-4-9-2-3-18(14)7-9/h5-6,8-9,14H,2-4,7H2,1H3,(H,17,19). The van der Waals surface area contributed by atoms with E-state index in [9.17, 15) is 13.2 Å². The summed E-state index contributed by atoms with van der Waals surface area (Å²) >= 11 is 0. The summed E-state index contributed by atoms with van der Waals surface area (Å²) < 4.78 is 28.7. The summed E-state index contributed by atoms with van der Waals surface area (Å²) in [5, 5.41) is 3.38. The van der Waals surface area contributed by atoms with Crippen molar-refractivity contribution in [3.63, 3.8) is 0 Å².